The monoisotopic (exact) mass is 229 g/mol. The summed E-state index contributed by atoms with van der Waals surface area (Å²) in [7, 11) is 0. The highest BCUT2D eigenvalue weighted by Gasteiger charge is 2.38. The van der Waals surface area contributed by atoms with Crippen molar-refractivity contribution in [2.45, 2.75) is 38.1 Å². The van der Waals surface area contributed by atoms with Crippen LogP contribution in [0.5, 0.6) is 0 Å². The lowest BCUT2D eigenvalue weighted by atomic mass is 9.82. The normalized spacial score (nSPS) is 25.4. The van der Waals surface area contributed by atoms with Crippen LogP contribution in [0.1, 0.15) is 32.6 Å². The molecule has 0 saturated heterocycles. The molecule has 1 aromatic heterocycles. The van der Waals surface area contributed by atoms with E-state index in [9.17, 15) is 4.79 Å². The van der Waals surface area contributed by atoms with Gasteiger partial charge in [-0.1, -0.05) is 23.8 Å². The molecule has 1 aromatic carbocycles. The van der Waals surface area contributed by atoms with Gasteiger partial charge in [-0.05, 0) is 31.9 Å². The molecule has 0 radical (unpaired) electrons. The molecule has 4 heteroatoms. The van der Waals surface area contributed by atoms with Crippen molar-refractivity contribution in [3.05, 3.63) is 24.3 Å². The Hall–Kier alpha value is -1.71. The molecule has 3 rings (SSSR count). The fraction of sp³-hybridized carbons (Fsp3) is 0.462. The minimum Gasteiger partial charge on any atom is -0.297 e. The summed E-state index contributed by atoms with van der Waals surface area (Å²) in [6.07, 6.45) is 3.60. The molecule has 17 heavy (non-hydrogen) atoms. The van der Waals surface area contributed by atoms with E-state index >= 15 is 0 Å². The third-order valence-electron chi connectivity index (χ3n) is 3.74. The zero-order chi connectivity index (χ0) is 11.9. The minimum absolute atomic E-state index is 0.277. The third-order valence-corrected chi connectivity index (χ3v) is 3.74. The molecule has 88 valence electrons. The number of rotatable bonds is 1. The van der Waals surface area contributed by atoms with E-state index in [2.05, 4.69) is 10.3 Å². The van der Waals surface area contributed by atoms with Crippen LogP contribution in [-0.2, 0) is 10.3 Å². The minimum atomic E-state index is -0.506. The third kappa shape index (κ3) is 1.47. The zero-order valence-corrected chi connectivity index (χ0v) is 9.89. The molecule has 0 spiro atoms. The highest BCUT2D eigenvalue weighted by Crippen LogP contribution is 2.32. The Bertz CT molecular complexity index is 575. The summed E-state index contributed by atoms with van der Waals surface area (Å²) in [5, 5.41) is 8.32. The molecular formula is C13H15N3O. The summed E-state index contributed by atoms with van der Waals surface area (Å²) in [6.45, 7) is 1.98. The maximum absolute atomic E-state index is 12.2. The van der Waals surface area contributed by atoms with Crippen LogP contribution in [0.25, 0.3) is 11.0 Å². The molecule has 0 bridgehead atoms. The SMILES string of the molecule is CC1(n2nnc3ccccc32)CCCCC1=O. The van der Waals surface area contributed by atoms with Gasteiger partial charge in [-0.2, -0.15) is 0 Å². The van der Waals surface area contributed by atoms with E-state index in [-0.39, 0.29) is 5.78 Å². The Morgan fingerprint density at radius 2 is 2.12 bits per heavy atom. The van der Waals surface area contributed by atoms with Gasteiger partial charge in [-0.3, -0.25) is 4.79 Å². The van der Waals surface area contributed by atoms with Gasteiger partial charge in [0, 0.05) is 6.42 Å². The van der Waals surface area contributed by atoms with Crippen molar-refractivity contribution in [2.75, 3.05) is 0 Å². The van der Waals surface area contributed by atoms with Gasteiger partial charge < -0.3 is 0 Å². The van der Waals surface area contributed by atoms with Crippen molar-refractivity contribution >= 4 is 16.8 Å². The van der Waals surface area contributed by atoms with Crippen molar-refractivity contribution in [3.8, 4) is 0 Å². The van der Waals surface area contributed by atoms with E-state index in [0.717, 1.165) is 30.3 Å². The summed E-state index contributed by atoms with van der Waals surface area (Å²) in [4.78, 5) is 12.2. The summed E-state index contributed by atoms with van der Waals surface area (Å²) < 4.78 is 1.81. The van der Waals surface area contributed by atoms with E-state index in [4.69, 9.17) is 0 Å². The van der Waals surface area contributed by atoms with Gasteiger partial charge in [0.1, 0.15) is 11.1 Å². The van der Waals surface area contributed by atoms with E-state index in [0.29, 0.717) is 6.42 Å². The molecule has 1 aliphatic rings. The van der Waals surface area contributed by atoms with Crippen LogP contribution < -0.4 is 0 Å². The topological polar surface area (TPSA) is 47.8 Å². The van der Waals surface area contributed by atoms with E-state index in [1.807, 2.05) is 35.9 Å². The second-order valence-corrected chi connectivity index (χ2v) is 4.89. The van der Waals surface area contributed by atoms with Gasteiger partial charge in [0.15, 0.2) is 5.78 Å². The van der Waals surface area contributed by atoms with E-state index in [1.54, 1.807) is 0 Å². The van der Waals surface area contributed by atoms with Crippen molar-refractivity contribution < 1.29 is 4.79 Å². The van der Waals surface area contributed by atoms with E-state index < -0.39 is 5.54 Å². The summed E-state index contributed by atoms with van der Waals surface area (Å²) >= 11 is 0. The van der Waals surface area contributed by atoms with Crippen molar-refractivity contribution in [2.24, 2.45) is 0 Å². The quantitative estimate of drug-likeness (QED) is 0.753. The molecule has 1 saturated carbocycles. The first-order chi connectivity index (χ1) is 8.22. The maximum atomic E-state index is 12.2. The van der Waals surface area contributed by atoms with Crippen molar-refractivity contribution in [1.29, 1.82) is 0 Å². The number of hydrogen-bond donors (Lipinski definition) is 0. The summed E-state index contributed by atoms with van der Waals surface area (Å²) in [6, 6.07) is 7.79. The smallest absolute Gasteiger partial charge is 0.160 e. The van der Waals surface area contributed by atoms with Crippen LogP contribution in [-0.4, -0.2) is 20.8 Å². The molecule has 0 amide bonds. The van der Waals surface area contributed by atoms with Crippen molar-refractivity contribution in [1.82, 2.24) is 15.0 Å². The average molecular weight is 229 g/mol. The van der Waals surface area contributed by atoms with Crippen LogP contribution in [0.15, 0.2) is 24.3 Å². The predicted molar refractivity (Wildman–Crippen MR) is 64.7 cm³/mol. The molecular weight excluding hydrogens is 214 g/mol. The fourth-order valence-electron chi connectivity index (χ4n) is 2.62. The Morgan fingerprint density at radius 1 is 1.29 bits per heavy atom. The Kier molecular flexibility index (Phi) is 2.24. The number of fused-ring (bicyclic) bond motifs is 1. The summed E-state index contributed by atoms with van der Waals surface area (Å²) in [5.74, 6) is 0.277. The number of benzene rings is 1. The molecule has 2 aromatic rings. The Morgan fingerprint density at radius 3 is 2.94 bits per heavy atom. The first-order valence-electron chi connectivity index (χ1n) is 6.06. The number of aromatic nitrogens is 3. The molecule has 1 atom stereocenters. The number of ketones is 1. The van der Waals surface area contributed by atoms with Crippen molar-refractivity contribution in [3.63, 3.8) is 0 Å². The second-order valence-electron chi connectivity index (χ2n) is 4.89. The second kappa shape index (κ2) is 3.65. The Balaban J connectivity index is 2.17. The lowest BCUT2D eigenvalue weighted by Crippen LogP contribution is -2.42. The number of para-hydroxylation sites is 1. The van der Waals surface area contributed by atoms with Crippen LogP contribution in [0.3, 0.4) is 0 Å². The lowest BCUT2D eigenvalue weighted by molar-refractivity contribution is -0.129. The zero-order valence-electron chi connectivity index (χ0n) is 9.89. The van der Waals surface area contributed by atoms with Crippen LogP contribution in [0.2, 0.25) is 0 Å². The first kappa shape index (κ1) is 10.4. The van der Waals surface area contributed by atoms with Gasteiger partial charge in [-0.15, -0.1) is 5.10 Å². The summed E-state index contributed by atoms with van der Waals surface area (Å²) in [5.41, 5.74) is 1.30. The van der Waals surface area contributed by atoms with Crippen LogP contribution in [0.4, 0.5) is 0 Å². The molecule has 1 unspecified atom stereocenters. The molecule has 1 aliphatic carbocycles. The van der Waals surface area contributed by atoms with E-state index in [1.165, 1.54) is 0 Å². The standard InChI is InChI=1S/C13H15N3O/c1-13(9-5-4-8-12(13)17)16-11-7-3-2-6-10(11)14-15-16/h2-3,6-7H,4-5,8-9H2,1H3. The molecule has 4 nitrogen and oxygen atoms in total. The fourth-order valence-corrected chi connectivity index (χ4v) is 2.62. The van der Waals surface area contributed by atoms with Gasteiger partial charge in [0.2, 0.25) is 0 Å². The maximum Gasteiger partial charge on any atom is 0.160 e. The van der Waals surface area contributed by atoms with Gasteiger partial charge in [-0.25, -0.2) is 4.68 Å². The van der Waals surface area contributed by atoms with Gasteiger partial charge in [0.05, 0.1) is 5.52 Å². The molecule has 1 heterocycles. The predicted octanol–water partition coefficient (Wildman–Crippen LogP) is 2.29. The van der Waals surface area contributed by atoms with Gasteiger partial charge in [0.25, 0.3) is 0 Å². The highest BCUT2D eigenvalue weighted by molar-refractivity contribution is 5.88. The van der Waals surface area contributed by atoms with Crippen LogP contribution >= 0.6 is 0 Å². The molecule has 1 fully saturated rings. The highest BCUT2D eigenvalue weighted by atomic mass is 16.1. The number of carbonyl (C=O) groups is 1. The number of Topliss-reactive ketones (excluding diaryl/α,β-unsaturated/α-hetero) is 1. The lowest BCUT2D eigenvalue weighted by Gasteiger charge is -2.32. The number of nitrogens with zero attached hydrogens (tertiary/aromatic N) is 3. The number of hydrogen-bond acceptors (Lipinski definition) is 3. The largest absolute Gasteiger partial charge is 0.297 e. The Labute approximate surface area is 99.6 Å². The molecule has 0 N–H and O–H groups in total. The van der Waals surface area contributed by atoms with Crippen LogP contribution in [0, 0.1) is 0 Å². The average Bonchev–Trinajstić information content (AvgIpc) is 2.77. The first-order valence-corrected chi connectivity index (χ1v) is 6.06. The molecule has 0 aliphatic heterocycles. The number of carbonyl (C=O) groups excluding carboxylic acids is 1. The van der Waals surface area contributed by atoms with Gasteiger partial charge >= 0.3 is 0 Å².